The minimum absolute atomic E-state index is 0.438. The highest BCUT2D eigenvalue weighted by Crippen LogP contribution is 2.27. The second kappa shape index (κ2) is 7.62. The Labute approximate surface area is 153 Å². The predicted molar refractivity (Wildman–Crippen MR) is 103 cm³/mol. The monoisotopic (exact) mass is 346 g/mol. The van der Waals surface area contributed by atoms with Gasteiger partial charge in [0.05, 0.1) is 5.69 Å². The highest BCUT2D eigenvalue weighted by molar-refractivity contribution is 5.67. The molecule has 0 radical (unpaired) electrons. The first-order valence-corrected chi connectivity index (χ1v) is 8.97. The minimum Gasteiger partial charge on any atom is -0.381 e. The summed E-state index contributed by atoms with van der Waals surface area (Å²) in [4.78, 5) is 16.1. The van der Waals surface area contributed by atoms with E-state index in [0.717, 1.165) is 54.5 Å². The van der Waals surface area contributed by atoms with Crippen LogP contribution in [0.2, 0.25) is 0 Å². The van der Waals surface area contributed by atoms with E-state index in [1.807, 2.05) is 42.5 Å². The number of ether oxygens (including phenoxy) is 1. The molecule has 0 spiro atoms. The fourth-order valence-electron chi connectivity index (χ4n) is 3.26. The Hall–Kier alpha value is -2.79. The Morgan fingerprint density at radius 1 is 0.923 bits per heavy atom. The molecule has 0 amide bonds. The van der Waals surface area contributed by atoms with E-state index in [9.17, 15) is 0 Å². The Bertz CT molecular complexity index is 791. The molecular formula is C21H22N4O. The maximum absolute atomic E-state index is 5.51. The molecule has 5 nitrogen and oxygen atoms in total. The van der Waals surface area contributed by atoms with Gasteiger partial charge in [-0.3, -0.25) is 4.98 Å². The lowest BCUT2D eigenvalue weighted by Crippen LogP contribution is -2.37. The van der Waals surface area contributed by atoms with Crippen LogP contribution in [0.4, 0.5) is 5.82 Å². The van der Waals surface area contributed by atoms with Crippen molar-refractivity contribution in [2.24, 2.45) is 0 Å². The van der Waals surface area contributed by atoms with Crippen molar-refractivity contribution in [3.63, 3.8) is 0 Å². The molecule has 1 fully saturated rings. The van der Waals surface area contributed by atoms with Crippen LogP contribution >= 0.6 is 0 Å². The van der Waals surface area contributed by atoms with E-state index in [-0.39, 0.29) is 0 Å². The number of anilines is 1. The maximum Gasteiger partial charge on any atom is 0.162 e. The second-order valence-electron chi connectivity index (χ2n) is 6.49. The zero-order valence-corrected chi connectivity index (χ0v) is 14.9. The van der Waals surface area contributed by atoms with Crippen molar-refractivity contribution >= 4 is 5.82 Å². The average Bonchev–Trinajstić information content (AvgIpc) is 2.75. The van der Waals surface area contributed by atoms with Crippen molar-refractivity contribution in [2.45, 2.75) is 18.9 Å². The number of nitrogens with zero attached hydrogens (tertiary/aromatic N) is 4. The van der Waals surface area contributed by atoms with Crippen molar-refractivity contribution < 1.29 is 4.74 Å². The lowest BCUT2D eigenvalue weighted by Gasteiger charge is -2.32. The van der Waals surface area contributed by atoms with Gasteiger partial charge in [0.1, 0.15) is 5.82 Å². The van der Waals surface area contributed by atoms with Gasteiger partial charge in [-0.15, -0.1) is 0 Å². The van der Waals surface area contributed by atoms with Crippen molar-refractivity contribution in [2.75, 3.05) is 25.2 Å². The molecule has 5 heteroatoms. The molecule has 1 aliphatic heterocycles. The van der Waals surface area contributed by atoms with E-state index in [0.29, 0.717) is 6.04 Å². The van der Waals surface area contributed by atoms with Crippen LogP contribution < -0.4 is 4.90 Å². The second-order valence-corrected chi connectivity index (χ2v) is 6.49. The van der Waals surface area contributed by atoms with Crippen LogP contribution in [0.5, 0.6) is 0 Å². The van der Waals surface area contributed by atoms with Gasteiger partial charge in [0, 0.05) is 55.9 Å². The SMILES string of the molecule is CN(c1cc(-c2ccncc2)nc(-c2ccccc2)n1)C1CCOCC1. The summed E-state index contributed by atoms with van der Waals surface area (Å²) >= 11 is 0. The molecule has 0 N–H and O–H groups in total. The summed E-state index contributed by atoms with van der Waals surface area (Å²) in [6.07, 6.45) is 5.63. The molecule has 0 aliphatic carbocycles. The molecule has 2 aromatic heterocycles. The first-order valence-electron chi connectivity index (χ1n) is 8.97. The highest BCUT2D eigenvalue weighted by atomic mass is 16.5. The fraction of sp³-hybridized carbons (Fsp3) is 0.286. The maximum atomic E-state index is 5.51. The summed E-state index contributed by atoms with van der Waals surface area (Å²) in [5.41, 5.74) is 2.97. The smallest absolute Gasteiger partial charge is 0.162 e. The molecule has 3 aromatic rings. The van der Waals surface area contributed by atoms with Crippen molar-refractivity contribution in [1.29, 1.82) is 0 Å². The minimum atomic E-state index is 0.438. The van der Waals surface area contributed by atoms with E-state index in [2.05, 4.69) is 23.0 Å². The zero-order chi connectivity index (χ0) is 17.8. The standard InChI is InChI=1S/C21H22N4O/c1-25(18-9-13-26-14-10-18)20-15-19(16-7-11-22-12-8-16)23-21(24-20)17-5-3-2-4-6-17/h2-8,11-12,15,18H,9-10,13-14H2,1H3. The van der Waals surface area contributed by atoms with Crippen LogP contribution in [-0.4, -0.2) is 41.3 Å². The van der Waals surface area contributed by atoms with Gasteiger partial charge in [-0.1, -0.05) is 30.3 Å². The van der Waals surface area contributed by atoms with Gasteiger partial charge >= 0.3 is 0 Å². The molecule has 1 aromatic carbocycles. The number of benzene rings is 1. The summed E-state index contributed by atoms with van der Waals surface area (Å²) in [6.45, 7) is 1.62. The van der Waals surface area contributed by atoms with Crippen LogP contribution in [0.3, 0.4) is 0 Å². The third-order valence-electron chi connectivity index (χ3n) is 4.82. The molecule has 0 saturated carbocycles. The Morgan fingerprint density at radius 3 is 2.38 bits per heavy atom. The van der Waals surface area contributed by atoms with Gasteiger partial charge in [-0.2, -0.15) is 0 Å². The third-order valence-corrected chi connectivity index (χ3v) is 4.82. The number of hydrogen-bond donors (Lipinski definition) is 0. The van der Waals surface area contributed by atoms with Gasteiger partial charge in [-0.05, 0) is 25.0 Å². The van der Waals surface area contributed by atoms with Crippen LogP contribution in [0.15, 0.2) is 60.9 Å². The first kappa shape index (κ1) is 16.7. The van der Waals surface area contributed by atoms with Crippen molar-refractivity contribution in [3.8, 4) is 22.6 Å². The lowest BCUT2D eigenvalue weighted by atomic mass is 10.1. The number of hydrogen-bond acceptors (Lipinski definition) is 5. The van der Waals surface area contributed by atoms with E-state index in [1.165, 1.54) is 0 Å². The number of rotatable bonds is 4. The van der Waals surface area contributed by atoms with Gasteiger partial charge in [0.15, 0.2) is 5.82 Å². The molecule has 1 saturated heterocycles. The zero-order valence-electron chi connectivity index (χ0n) is 14.9. The van der Waals surface area contributed by atoms with Crippen LogP contribution in [0.1, 0.15) is 12.8 Å². The van der Waals surface area contributed by atoms with E-state index in [1.54, 1.807) is 12.4 Å². The normalized spacial score (nSPS) is 15.0. The van der Waals surface area contributed by atoms with E-state index >= 15 is 0 Å². The lowest BCUT2D eigenvalue weighted by molar-refractivity contribution is 0.0853. The topological polar surface area (TPSA) is 51.1 Å². The molecule has 4 rings (SSSR count). The fourth-order valence-corrected chi connectivity index (χ4v) is 3.26. The molecule has 0 unspecified atom stereocenters. The third kappa shape index (κ3) is 3.58. The molecule has 1 aliphatic rings. The van der Waals surface area contributed by atoms with Gasteiger partial charge < -0.3 is 9.64 Å². The summed E-state index contributed by atoms with van der Waals surface area (Å²) in [5, 5.41) is 0. The molecule has 132 valence electrons. The molecule has 3 heterocycles. The van der Waals surface area contributed by atoms with E-state index in [4.69, 9.17) is 14.7 Å². The summed E-state index contributed by atoms with van der Waals surface area (Å²) in [7, 11) is 2.11. The Kier molecular flexibility index (Phi) is 4.88. The van der Waals surface area contributed by atoms with Gasteiger partial charge in [0.2, 0.25) is 0 Å². The largest absolute Gasteiger partial charge is 0.381 e. The molecule has 26 heavy (non-hydrogen) atoms. The average molecular weight is 346 g/mol. The quantitative estimate of drug-likeness (QED) is 0.719. The summed E-state index contributed by atoms with van der Waals surface area (Å²) < 4.78 is 5.51. The molecular weight excluding hydrogens is 324 g/mol. The van der Waals surface area contributed by atoms with Gasteiger partial charge in [0.25, 0.3) is 0 Å². The highest BCUT2D eigenvalue weighted by Gasteiger charge is 2.21. The number of pyridine rings is 1. The summed E-state index contributed by atoms with van der Waals surface area (Å²) in [6, 6.07) is 16.6. The number of aromatic nitrogens is 3. The Balaban J connectivity index is 1.77. The van der Waals surface area contributed by atoms with Crippen LogP contribution in [0.25, 0.3) is 22.6 Å². The van der Waals surface area contributed by atoms with Gasteiger partial charge in [-0.25, -0.2) is 9.97 Å². The predicted octanol–water partition coefficient (Wildman–Crippen LogP) is 3.82. The van der Waals surface area contributed by atoms with Crippen molar-refractivity contribution in [1.82, 2.24) is 15.0 Å². The van der Waals surface area contributed by atoms with E-state index < -0.39 is 0 Å². The van der Waals surface area contributed by atoms with Crippen LogP contribution in [-0.2, 0) is 4.74 Å². The van der Waals surface area contributed by atoms with Crippen molar-refractivity contribution in [3.05, 3.63) is 60.9 Å². The van der Waals surface area contributed by atoms with Crippen LogP contribution in [0, 0.1) is 0 Å². The first-order chi connectivity index (χ1) is 12.8. The Morgan fingerprint density at radius 2 is 1.65 bits per heavy atom. The molecule has 0 bridgehead atoms. The summed E-state index contributed by atoms with van der Waals surface area (Å²) in [5.74, 6) is 1.69. The molecule has 0 atom stereocenters.